The van der Waals surface area contributed by atoms with Gasteiger partial charge in [-0.05, 0) is 36.5 Å². The van der Waals surface area contributed by atoms with Gasteiger partial charge in [-0.1, -0.05) is 24.6 Å². The maximum atomic E-state index is 13.0. The van der Waals surface area contributed by atoms with Gasteiger partial charge in [0.2, 0.25) is 0 Å². The Morgan fingerprint density at radius 3 is 2.78 bits per heavy atom. The number of hydrogen-bond donors (Lipinski definition) is 2. The number of nitrogens with one attached hydrogen (secondary N) is 1. The number of nitrogens with two attached hydrogens (primary N) is 1. The van der Waals surface area contributed by atoms with Gasteiger partial charge in [0.1, 0.15) is 5.82 Å². The van der Waals surface area contributed by atoms with Crippen LogP contribution < -0.4 is 11.3 Å². The molecular formula is C13H20ClFN2O. The van der Waals surface area contributed by atoms with Crippen molar-refractivity contribution in [3.05, 3.63) is 34.6 Å². The van der Waals surface area contributed by atoms with Gasteiger partial charge in [-0.15, -0.1) is 0 Å². The Bertz CT molecular complexity index is 376. The van der Waals surface area contributed by atoms with Gasteiger partial charge < -0.3 is 4.74 Å². The van der Waals surface area contributed by atoms with Crippen LogP contribution in [0.3, 0.4) is 0 Å². The van der Waals surface area contributed by atoms with E-state index >= 15 is 0 Å². The first kappa shape index (κ1) is 15.4. The van der Waals surface area contributed by atoms with E-state index in [1.807, 2.05) is 0 Å². The first-order chi connectivity index (χ1) is 8.58. The second-order valence-electron chi connectivity index (χ2n) is 4.47. The Labute approximate surface area is 112 Å². The van der Waals surface area contributed by atoms with Crippen LogP contribution in [-0.2, 0) is 11.2 Å². The van der Waals surface area contributed by atoms with E-state index in [-0.39, 0.29) is 11.9 Å². The first-order valence-electron chi connectivity index (χ1n) is 5.97. The molecule has 0 aromatic heterocycles. The molecule has 0 amide bonds. The van der Waals surface area contributed by atoms with Crippen LogP contribution in [0, 0.1) is 11.7 Å². The second kappa shape index (κ2) is 7.69. The summed E-state index contributed by atoms with van der Waals surface area (Å²) >= 11 is 6.01. The summed E-state index contributed by atoms with van der Waals surface area (Å²) in [6.45, 7) is 2.79. The van der Waals surface area contributed by atoms with Crippen LogP contribution in [0.2, 0.25) is 5.02 Å². The zero-order valence-electron chi connectivity index (χ0n) is 10.7. The zero-order chi connectivity index (χ0) is 13.5. The fraction of sp³-hybridized carbons (Fsp3) is 0.538. The SMILES string of the molecule is COCCC(C)C(Cc1ccc(F)cc1Cl)NN. The molecule has 0 aliphatic carbocycles. The summed E-state index contributed by atoms with van der Waals surface area (Å²) in [4.78, 5) is 0. The molecular weight excluding hydrogens is 255 g/mol. The highest BCUT2D eigenvalue weighted by Crippen LogP contribution is 2.21. The number of hydrogen-bond acceptors (Lipinski definition) is 3. The molecule has 1 aromatic carbocycles. The van der Waals surface area contributed by atoms with Crippen molar-refractivity contribution in [3.63, 3.8) is 0 Å². The molecule has 0 saturated carbocycles. The minimum absolute atomic E-state index is 0.0862. The van der Waals surface area contributed by atoms with Gasteiger partial charge in [0, 0.05) is 24.8 Å². The average Bonchev–Trinajstić information content (AvgIpc) is 2.35. The van der Waals surface area contributed by atoms with E-state index in [1.54, 1.807) is 13.2 Å². The number of hydrazine groups is 1. The highest BCUT2D eigenvalue weighted by Gasteiger charge is 2.17. The van der Waals surface area contributed by atoms with E-state index in [9.17, 15) is 4.39 Å². The van der Waals surface area contributed by atoms with E-state index in [0.29, 0.717) is 24.0 Å². The van der Waals surface area contributed by atoms with Gasteiger partial charge in [0.15, 0.2) is 0 Å². The molecule has 2 unspecified atom stereocenters. The van der Waals surface area contributed by atoms with Crippen LogP contribution in [0.1, 0.15) is 18.9 Å². The van der Waals surface area contributed by atoms with Crippen molar-refractivity contribution < 1.29 is 9.13 Å². The Morgan fingerprint density at radius 2 is 2.22 bits per heavy atom. The van der Waals surface area contributed by atoms with Crippen LogP contribution >= 0.6 is 11.6 Å². The van der Waals surface area contributed by atoms with Gasteiger partial charge in [-0.2, -0.15) is 0 Å². The van der Waals surface area contributed by atoms with Crippen molar-refractivity contribution in [3.8, 4) is 0 Å². The summed E-state index contributed by atoms with van der Waals surface area (Å²) in [5.74, 6) is 5.58. The monoisotopic (exact) mass is 274 g/mol. The molecule has 2 atom stereocenters. The molecule has 0 fully saturated rings. The molecule has 3 N–H and O–H groups in total. The molecule has 0 aliphatic heterocycles. The standard InChI is InChI=1S/C13H20ClFN2O/c1-9(5-6-18-2)13(17-16)7-10-3-4-11(15)8-12(10)14/h3-4,8-9,13,17H,5-7,16H2,1-2H3. The molecule has 0 aliphatic rings. The lowest BCUT2D eigenvalue weighted by Gasteiger charge is -2.23. The van der Waals surface area contributed by atoms with Crippen molar-refractivity contribution in [2.45, 2.75) is 25.8 Å². The van der Waals surface area contributed by atoms with Crippen LogP contribution in [0.15, 0.2) is 18.2 Å². The maximum Gasteiger partial charge on any atom is 0.124 e. The fourth-order valence-electron chi connectivity index (χ4n) is 1.85. The van der Waals surface area contributed by atoms with Crippen molar-refractivity contribution >= 4 is 11.6 Å². The van der Waals surface area contributed by atoms with E-state index in [4.69, 9.17) is 22.2 Å². The van der Waals surface area contributed by atoms with E-state index in [0.717, 1.165) is 12.0 Å². The van der Waals surface area contributed by atoms with Crippen molar-refractivity contribution in [1.82, 2.24) is 5.43 Å². The van der Waals surface area contributed by atoms with Crippen molar-refractivity contribution in [2.24, 2.45) is 11.8 Å². The summed E-state index contributed by atoms with van der Waals surface area (Å²) in [5.41, 5.74) is 3.69. The smallest absolute Gasteiger partial charge is 0.124 e. The van der Waals surface area contributed by atoms with Gasteiger partial charge in [0.25, 0.3) is 0 Å². The predicted octanol–water partition coefficient (Wildman–Crippen LogP) is 2.53. The maximum absolute atomic E-state index is 13.0. The fourth-order valence-corrected chi connectivity index (χ4v) is 2.10. The highest BCUT2D eigenvalue weighted by atomic mass is 35.5. The Balaban J connectivity index is 2.67. The minimum Gasteiger partial charge on any atom is -0.385 e. The van der Waals surface area contributed by atoms with Gasteiger partial charge in [-0.3, -0.25) is 11.3 Å². The molecule has 0 spiro atoms. The van der Waals surface area contributed by atoms with Gasteiger partial charge in [0.05, 0.1) is 0 Å². The lowest BCUT2D eigenvalue weighted by molar-refractivity contribution is 0.170. The highest BCUT2D eigenvalue weighted by molar-refractivity contribution is 6.31. The van der Waals surface area contributed by atoms with E-state index in [1.165, 1.54) is 12.1 Å². The second-order valence-corrected chi connectivity index (χ2v) is 4.88. The molecule has 0 heterocycles. The Kier molecular flexibility index (Phi) is 6.57. The molecule has 3 nitrogen and oxygen atoms in total. The number of ether oxygens (including phenoxy) is 1. The molecule has 0 saturated heterocycles. The van der Waals surface area contributed by atoms with E-state index in [2.05, 4.69) is 12.3 Å². The van der Waals surface area contributed by atoms with Crippen molar-refractivity contribution in [1.29, 1.82) is 0 Å². The Hall–Kier alpha value is -0.680. The molecule has 1 aromatic rings. The van der Waals surface area contributed by atoms with Crippen LogP contribution in [-0.4, -0.2) is 19.8 Å². The number of methoxy groups -OCH3 is 1. The topological polar surface area (TPSA) is 47.3 Å². The molecule has 0 bridgehead atoms. The molecule has 102 valence electrons. The van der Waals surface area contributed by atoms with Crippen LogP contribution in [0.5, 0.6) is 0 Å². The lowest BCUT2D eigenvalue weighted by Crippen LogP contribution is -2.42. The predicted molar refractivity (Wildman–Crippen MR) is 71.9 cm³/mol. The third-order valence-corrected chi connectivity index (χ3v) is 3.49. The normalized spacial score (nSPS) is 14.5. The molecule has 1 rings (SSSR count). The Morgan fingerprint density at radius 1 is 1.50 bits per heavy atom. The third-order valence-electron chi connectivity index (χ3n) is 3.13. The van der Waals surface area contributed by atoms with Gasteiger partial charge >= 0.3 is 0 Å². The third kappa shape index (κ3) is 4.53. The number of rotatable bonds is 7. The zero-order valence-corrected chi connectivity index (χ0v) is 11.5. The summed E-state index contributed by atoms with van der Waals surface area (Å²) < 4.78 is 18.0. The average molecular weight is 275 g/mol. The van der Waals surface area contributed by atoms with Crippen LogP contribution in [0.25, 0.3) is 0 Å². The molecule has 18 heavy (non-hydrogen) atoms. The summed E-state index contributed by atoms with van der Waals surface area (Å²) in [6.07, 6.45) is 1.57. The molecule has 0 radical (unpaired) electrons. The number of halogens is 2. The largest absolute Gasteiger partial charge is 0.385 e. The first-order valence-corrected chi connectivity index (χ1v) is 6.35. The van der Waals surface area contributed by atoms with Crippen LogP contribution in [0.4, 0.5) is 4.39 Å². The lowest BCUT2D eigenvalue weighted by atomic mass is 9.93. The summed E-state index contributed by atoms with van der Waals surface area (Å²) in [6, 6.07) is 4.52. The van der Waals surface area contributed by atoms with Gasteiger partial charge in [-0.25, -0.2) is 4.39 Å². The molecule has 5 heteroatoms. The van der Waals surface area contributed by atoms with Crippen molar-refractivity contribution in [2.75, 3.05) is 13.7 Å². The minimum atomic E-state index is -0.326. The number of benzene rings is 1. The quantitative estimate of drug-likeness (QED) is 0.593. The summed E-state index contributed by atoms with van der Waals surface area (Å²) in [7, 11) is 1.68. The summed E-state index contributed by atoms with van der Waals surface area (Å²) in [5, 5.41) is 0.439. The van der Waals surface area contributed by atoms with E-state index < -0.39 is 0 Å².